The Balaban J connectivity index is 2.32. The summed E-state index contributed by atoms with van der Waals surface area (Å²) in [6.45, 7) is 10.9. The molecule has 0 fully saturated rings. The highest BCUT2D eigenvalue weighted by Crippen LogP contribution is 2.45. The molecule has 1 aromatic carbocycles. The molecular formula is C19H27N3O3S. The Bertz CT molecular complexity index is 760. The Morgan fingerprint density at radius 1 is 1.12 bits per heavy atom. The molecule has 1 unspecified atom stereocenters. The van der Waals surface area contributed by atoms with Crippen LogP contribution in [0.1, 0.15) is 56.4 Å². The van der Waals surface area contributed by atoms with Gasteiger partial charge in [0.1, 0.15) is 22.1 Å². The van der Waals surface area contributed by atoms with E-state index in [-0.39, 0.29) is 16.7 Å². The van der Waals surface area contributed by atoms with Gasteiger partial charge in [-0.15, -0.1) is 10.2 Å². The number of hydrogen-bond acceptors (Lipinski definition) is 6. The minimum Gasteiger partial charge on any atom is -0.496 e. The first-order valence-corrected chi connectivity index (χ1v) is 9.36. The Morgan fingerprint density at radius 3 is 2.15 bits per heavy atom. The molecule has 142 valence electrons. The van der Waals surface area contributed by atoms with E-state index >= 15 is 0 Å². The number of benzene rings is 1. The number of hydrogen-bond donors (Lipinski definition) is 1. The molecule has 0 aliphatic carbocycles. The summed E-state index contributed by atoms with van der Waals surface area (Å²) in [7, 11) is 3.04. The molecule has 2 aromatic rings. The smallest absolute Gasteiger partial charge is 0.265 e. The van der Waals surface area contributed by atoms with Crippen LogP contribution in [0.4, 0.5) is 5.13 Å². The average Bonchev–Trinajstić information content (AvgIpc) is 3.07. The van der Waals surface area contributed by atoms with Crippen molar-refractivity contribution in [1.29, 1.82) is 0 Å². The van der Waals surface area contributed by atoms with Gasteiger partial charge in [0.15, 0.2) is 0 Å². The zero-order valence-corrected chi connectivity index (χ0v) is 17.3. The highest BCUT2D eigenvalue weighted by Gasteiger charge is 2.40. The van der Waals surface area contributed by atoms with Crippen molar-refractivity contribution in [1.82, 2.24) is 10.2 Å². The van der Waals surface area contributed by atoms with E-state index in [0.29, 0.717) is 22.2 Å². The summed E-state index contributed by atoms with van der Waals surface area (Å²) >= 11 is 1.41. The second kappa shape index (κ2) is 7.61. The number of nitrogens with zero attached hydrogens (tertiary/aromatic N) is 2. The van der Waals surface area contributed by atoms with Gasteiger partial charge < -0.3 is 9.47 Å². The minimum absolute atomic E-state index is 0.0223. The molecular weight excluding hydrogens is 350 g/mol. The third-order valence-corrected chi connectivity index (χ3v) is 6.24. The van der Waals surface area contributed by atoms with Gasteiger partial charge in [-0.1, -0.05) is 52.0 Å². The predicted octanol–water partition coefficient (Wildman–Crippen LogP) is 4.52. The lowest BCUT2D eigenvalue weighted by atomic mass is 9.67. The van der Waals surface area contributed by atoms with Crippen LogP contribution in [0.3, 0.4) is 0 Å². The molecule has 2 rings (SSSR count). The van der Waals surface area contributed by atoms with Crippen molar-refractivity contribution < 1.29 is 14.3 Å². The lowest BCUT2D eigenvalue weighted by molar-refractivity contribution is 0.102. The SMILES string of the molecule is CCC(C)(c1nnc(NC(=O)c2c(OC)cccc2OC)s1)C(C)(C)C. The van der Waals surface area contributed by atoms with Crippen LogP contribution in [0, 0.1) is 5.41 Å². The van der Waals surface area contributed by atoms with E-state index in [1.54, 1.807) is 18.2 Å². The molecule has 0 bridgehead atoms. The number of ether oxygens (including phenoxy) is 2. The van der Waals surface area contributed by atoms with Gasteiger partial charge in [-0.2, -0.15) is 0 Å². The number of methoxy groups -OCH3 is 2. The van der Waals surface area contributed by atoms with Crippen molar-refractivity contribution in [3.05, 3.63) is 28.8 Å². The van der Waals surface area contributed by atoms with Crippen molar-refractivity contribution >= 4 is 22.4 Å². The van der Waals surface area contributed by atoms with Crippen LogP contribution in [0.2, 0.25) is 0 Å². The van der Waals surface area contributed by atoms with Crippen LogP contribution in [-0.4, -0.2) is 30.3 Å². The van der Waals surface area contributed by atoms with E-state index in [0.717, 1.165) is 11.4 Å². The molecule has 1 heterocycles. The van der Waals surface area contributed by atoms with Crippen LogP contribution in [0.25, 0.3) is 0 Å². The second-order valence-corrected chi connectivity index (χ2v) is 8.32. The number of carbonyl (C=O) groups excluding carboxylic acids is 1. The Morgan fingerprint density at radius 2 is 1.69 bits per heavy atom. The fourth-order valence-electron chi connectivity index (χ4n) is 2.73. The molecule has 0 saturated heterocycles. The maximum absolute atomic E-state index is 12.8. The summed E-state index contributed by atoms with van der Waals surface area (Å²) in [5.74, 6) is 0.551. The van der Waals surface area contributed by atoms with Gasteiger partial charge in [0.25, 0.3) is 5.91 Å². The van der Waals surface area contributed by atoms with Gasteiger partial charge in [-0.05, 0) is 24.0 Å². The standard InChI is InChI=1S/C19H27N3O3S/c1-8-19(5,18(2,3)4)16-21-22-17(26-16)20-15(23)14-12(24-6)10-9-11-13(14)25-7/h9-11H,8H2,1-7H3,(H,20,22,23). The fraction of sp³-hybridized carbons (Fsp3) is 0.526. The van der Waals surface area contributed by atoms with Crippen LogP contribution in [0.5, 0.6) is 11.5 Å². The summed E-state index contributed by atoms with van der Waals surface area (Å²) in [6, 6.07) is 5.21. The van der Waals surface area contributed by atoms with Crippen molar-refractivity contribution in [3.63, 3.8) is 0 Å². The van der Waals surface area contributed by atoms with E-state index in [9.17, 15) is 4.79 Å². The molecule has 0 spiro atoms. The van der Waals surface area contributed by atoms with E-state index in [2.05, 4.69) is 50.1 Å². The maximum atomic E-state index is 12.8. The summed E-state index contributed by atoms with van der Waals surface area (Å²) in [4.78, 5) is 12.8. The molecule has 1 N–H and O–H groups in total. The van der Waals surface area contributed by atoms with E-state index < -0.39 is 0 Å². The van der Waals surface area contributed by atoms with E-state index in [1.807, 2.05) is 0 Å². The Kier molecular flexibility index (Phi) is 5.91. The van der Waals surface area contributed by atoms with Crippen LogP contribution < -0.4 is 14.8 Å². The summed E-state index contributed by atoms with van der Waals surface area (Å²) in [5, 5.41) is 12.7. The summed E-state index contributed by atoms with van der Waals surface area (Å²) < 4.78 is 10.6. The first-order chi connectivity index (χ1) is 12.2. The zero-order valence-electron chi connectivity index (χ0n) is 16.5. The molecule has 1 aromatic heterocycles. The van der Waals surface area contributed by atoms with Gasteiger partial charge in [-0.3, -0.25) is 10.1 Å². The Labute approximate surface area is 158 Å². The number of rotatable bonds is 6. The van der Waals surface area contributed by atoms with Crippen LogP contribution >= 0.6 is 11.3 Å². The highest BCUT2D eigenvalue weighted by molar-refractivity contribution is 7.15. The van der Waals surface area contributed by atoms with Crippen molar-refractivity contribution in [2.75, 3.05) is 19.5 Å². The average molecular weight is 378 g/mol. The molecule has 0 aliphatic heterocycles. The molecule has 6 nitrogen and oxygen atoms in total. The molecule has 7 heteroatoms. The molecule has 0 radical (unpaired) electrons. The van der Waals surface area contributed by atoms with Gasteiger partial charge in [0.2, 0.25) is 5.13 Å². The van der Waals surface area contributed by atoms with E-state index in [1.165, 1.54) is 25.6 Å². The largest absolute Gasteiger partial charge is 0.496 e. The van der Waals surface area contributed by atoms with Crippen molar-refractivity contribution in [2.24, 2.45) is 5.41 Å². The topological polar surface area (TPSA) is 73.3 Å². The third kappa shape index (κ3) is 3.67. The fourth-order valence-corrected chi connectivity index (χ4v) is 3.90. The molecule has 0 saturated carbocycles. The van der Waals surface area contributed by atoms with Gasteiger partial charge in [-0.25, -0.2) is 0 Å². The number of aromatic nitrogens is 2. The minimum atomic E-state index is -0.337. The Hall–Kier alpha value is -2.15. The monoisotopic (exact) mass is 377 g/mol. The molecule has 26 heavy (non-hydrogen) atoms. The van der Waals surface area contributed by atoms with Gasteiger partial charge in [0.05, 0.1) is 14.2 Å². The second-order valence-electron chi connectivity index (χ2n) is 7.34. The zero-order chi connectivity index (χ0) is 19.5. The molecule has 1 amide bonds. The number of nitrogens with one attached hydrogen (secondary N) is 1. The lowest BCUT2D eigenvalue weighted by Crippen LogP contribution is -2.36. The van der Waals surface area contributed by atoms with Crippen LogP contribution in [0.15, 0.2) is 18.2 Å². The predicted molar refractivity (Wildman–Crippen MR) is 105 cm³/mol. The van der Waals surface area contributed by atoms with Crippen LogP contribution in [-0.2, 0) is 5.41 Å². The maximum Gasteiger partial charge on any atom is 0.265 e. The van der Waals surface area contributed by atoms with E-state index in [4.69, 9.17) is 9.47 Å². The summed E-state index contributed by atoms with van der Waals surface area (Å²) in [5.41, 5.74) is 0.229. The first kappa shape index (κ1) is 20.2. The van der Waals surface area contributed by atoms with Crippen molar-refractivity contribution in [2.45, 2.75) is 46.5 Å². The number of carbonyl (C=O) groups is 1. The number of anilines is 1. The normalized spacial score (nSPS) is 13.8. The highest BCUT2D eigenvalue weighted by atomic mass is 32.1. The van der Waals surface area contributed by atoms with Gasteiger partial charge in [0, 0.05) is 5.41 Å². The quantitative estimate of drug-likeness (QED) is 0.801. The molecule has 0 aliphatic rings. The molecule has 1 atom stereocenters. The lowest BCUT2D eigenvalue weighted by Gasteiger charge is -2.39. The van der Waals surface area contributed by atoms with Crippen molar-refractivity contribution in [3.8, 4) is 11.5 Å². The summed E-state index contributed by atoms with van der Waals surface area (Å²) in [6.07, 6.45) is 0.930. The first-order valence-electron chi connectivity index (χ1n) is 8.54. The van der Waals surface area contributed by atoms with Gasteiger partial charge >= 0.3 is 0 Å². The number of amides is 1. The third-order valence-electron chi connectivity index (χ3n) is 5.13.